The van der Waals surface area contributed by atoms with Crippen LogP contribution in [0.5, 0.6) is 0 Å². The summed E-state index contributed by atoms with van der Waals surface area (Å²) in [6.45, 7) is 3.59. The number of amides is 1. The van der Waals surface area contributed by atoms with E-state index in [4.69, 9.17) is 0 Å². The van der Waals surface area contributed by atoms with Crippen molar-refractivity contribution in [3.05, 3.63) is 33.8 Å². The molecule has 0 bridgehead atoms. The zero-order valence-electron chi connectivity index (χ0n) is 11.7. The molecule has 1 saturated heterocycles. The number of likely N-dealkylation sites (tertiary alicyclic amines) is 1. The van der Waals surface area contributed by atoms with Crippen LogP contribution in [0.25, 0.3) is 0 Å². The van der Waals surface area contributed by atoms with E-state index < -0.39 is 5.54 Å². The number of nitrogens with one attached hydrogen (secondary N) is 1. The first-order valence-electron chi connectivity index (χ1n) is 6.64. The average molecular weight is 336 g/mol. The average Bonchev–Trinajstić information content (AvgIpc) is 2.40. The van der Waals surface area contributed by atoms with Crippen LogP contribution in [-0.2, 0) is 0 Å². The van der Waals surface area contributed by atoms with Gasteiger partial charge in [0.2, 0.25) is 0 Å². The maximum atomic E-state index is 12.4. The van der Waals surface area contributed by atoms with Crippen molar-refractivity contribution in [1.29, 1.82) is 5.26 Å². The molecule has 0 aromatic heterocycles. The number of carbonyl (C=O) groups is 1. The van der Waals surface area contributed by atoms with Crippen molar-refractivity contribution in [2.45, 2.75) is 25.3 Å². The van der Waals surface area contributed by atoms with Crippen LogP contribution in [-0.4, -0.2) is 36.5 Å². The Hall–Kier alpha value is -1.38. The van der Waals surface area contributed by atoms with E-state index >= 15 is 0 Å². The lowest BCUT2D eigenvalue weighted by molar-refractivity contribution is 0.0882. The van der Waals surface area contributed by atoms with Gasteiger partial charge in [-0.25, -0.2) is 0 Å². The molecule has 2 rings (SSSR count). The number of carbonyl (C=O) groups excluding carboxylic acids is 1. The Labute approximate surface area is 127 Å². The fourth-order valence-corrected chi connectivity index (χ4v) is 3.03. The van der Waals surface area contributed by atoms with E-state index in [-0.39, 0.29) is 5.91 Å². The third kappa shape index (κ3) is 3.38. The summed E-state index contributed by atoms with van der Waals surface area (Å²) in [5.41, 5.74) is 0.865. The zero-order chi connectivity index (χ0) is 14.8. The molecule has 1 heterocycles. The molecule has 0 radical (unpaired) electrons. The molecule has 0 aliphatic carbocycles. The maximum absolute atomic E-state index is 12.4. The highest BCUT2D eigenvalue weighted by Crippen LogP contribution is 2.22. The van der Waals surface area contributed by atoms with Crippen molar-refractivity contribution >= 4 is 21.8 Å². The Morgan fingerprint density at radius 2 is 2.05 bits per heavy atom. The Morgan fingerprint density at radius 3 is 2.60 bits per heavy atom. The highest BCUT2D eigenvalue weighted by atomic mass is 79.9. The van der Waals surface area contributed by atoms with Gasteiger partial charge in [0.05, 0.1) is 6.07 Å². The van der Waals surface area contributed by atoms with Gasteiger partial charge in [0.15, 0.2) is 0 Å². The largest absolute Gasteiger partial charge is 0.334 e. The number of piperidine rings is 1. The Bertz CT molecular complexity index is 536. The summed E-state index contributed by atoms with van der Waals surface area (Å²) in [5, 5.41) is 12.4. The summed E-state index contributed by atoms with van der Waals surface area (Å²) in [4.78, 5) is 14.5. The second-order valence-electron chi connectivity index (χ2n) is 5.47. The predicted molar refractivity (Wildman–Crippen MR) is 81.4 cm³/mol. The minimum absolute atomic E-state index is 0.180. The van der Waals surface area contributed by atoms with Crippen molar-refractivity contribution in [1.82, 2.24) is 10.2 Å². The quantitative estimate of drug-likeness (QED) is 0.903. The molecule has 0 unspecified atom stereocenters. The Kier molecular flexibility index (Phi) is 4.46. The molecule has 20 heavy (non-hydrogen) atoms. The molecule has 1 aliphatic heterocycles. The van der Waals surface area contributed by atoms with Crippen LogP contribution >= 0.6 is 15.9 Å². The van der Waals surface area contributed by atoms with Crippen LogP contribution in [0.2, 0.25) is 0 Å². The number of rotatable bonds is 2. The molecule has 106 valence electrons. The van der Waals surface area contributed by atoms with Gasteiger partial charge in [0.25, 0.3) is 5.91 Å². The molecule has 1 N–H and O–H groups in total. The second-order valence-corrected chi connectivity index (χ2v) is 6.38. The van der Waals surface area contributed by atoms with Crippen LogP contribution in [0, 0.1) is 18.3 Å². The third-order valence-corrected chi connectivity index (χ3v) is 4.17. The lowest BCUT2D eigenvalue weighted by atomic mass is 9.89. The van der Waals surface area contributed by atoms with Gasteiger partial charge in [-0.05, 0) is 50.6 Å². The van der Waals surface area contributed by atoms with Gasteiger partial charge >= 0.3 is 0 Å². The number of benzene rings is 1. The van der Waals surface area contributed by atoms with Gasteiger partial charge in [-0.2, -0.15) is 5.26 Å². The van der Waals surface area contributed by atoms with Gasteiger partial charge in [-0.15, -0.1) is 0 Å². The van der Waals surface area contributed by atoms with E-state index in [1.165, 1.54) is 0 Å². The van der Waals surface area contributed by atoms with Crippen molar-refractivity contribution in [3.8, 4) is 6.07 Å². The number of halogens is 1. The number of nitriles is 1. The minimum Gasteiger partial charge on any atom is -0.334 e. The molecule has 0 saturated carbocycles. The first kappa shape index (κ1) is 15.0. The number of nitrogens with zero attached hydrogens (tertiary/aromatic N) is 2. The molecule has 1 aromatic carbocycles. The summed E-state index contributed by atoms with van der Waals surface area (Å²) in [6.07, 6.45) is 1.33. The Morgan fingerprint density at radius 1 is 1.40 bits per heavy atom. The monoisotopic (exact) mass is 335 g/mol. The first-order valence-corrected chi connectivity index (χ1v) is 7.43. The number of hydrogen-bond donors (Lipinski definition) is 1. The zero-order valence-corrected chi connectivity index (χ0v) is 13.3. The van der Waals surface area contributed by atoms with Crippen molar-refractivity contribution < 1.29 is 4.79 Å². The summed E-state index contributed by atoms with van der Waals surface area (Å²) >= 11 is 3.39. The van der Waals surface area contributed by atoms with Crippen LogP contribution in [0.1, 0.15) is 28.8 Å². The first-order chi connectivity index (χ1) is 9.44. The highest BCUT2D eigenvalue weighted by molar-refractivity contribution is 9.10. The topological polar surface area (TPSA) is 56.1 Å². The highest BCUT2D eigenvalue weighted by Gasteiger charge is 2.35. The summed E-state index contributed by atoms with van der Waals surface area (Å²) in [7, 11) is 2.03. The maximum Gasteiger partial charge on any atom is 0.252 e. The van der Waals surface area contributed by atoms with Crippen LogP contribution in [0.3, 0.4) is 0 Å². The van der Waals surface area contributed by atoms with E-state index in [0.717, 1.165) is 23.1 Å². The molecule has 1 aromatic rings. The lowest BCUT2D eigenvalue weighted by Crippen LogP contribution is -2.53. The van der Waals surface area contributed by atoms with E-state index in [1.54, 1.807) is 6.07 Å². The standard InChI is InChI=1S/C15H18BrN3O/c1-11-7-12(9-13(16)8-11)14(20)18-15(10-17)3-5-19(2)6-4-15/h7-9H,3-6H2,1-2H3,(H,18,20). The molecule has 0 spiro atoms. The van der Waals surface area contributed by atoms with Crippen LogP contribution in [0.4, 0.5) is 0 Å². The van der Waals surface area contributed by atoms with E-state index in [2.05, 4.69) is 32.2 Å². The van der Waals surface area contributed by atoms with Crippen LogP contribution < -0.4 is 5.32 Å². The fourth-order valence-electron chi connectivity index (χ4n) is 2.42. The fraction of sp³-hybridized carbons (Fsp3) is 0.467. The molecular weight excluding hydrogens is 318 g/mol. The molecule has 1 amide bonds. The minimum atomic E-state index is -0.736. The van der Waals surface area contributed by atoms with Crippen LogP contribution in [0.15, 0.2) is 22.7 Å². The number of aryl methyl sites for hydroxylation is 1. The molecule has 5 heteroatoms. The van der Waals surface area contributed by atoms with Gasteiger partial charge < -0.3 is 10.2 Å². The molecule has 0 atom stereocenters. The van der Waals surface area contributed by atoms with Gasteiger partial charge in [0, 0.05) is 23.1 Å². The van der Waals surface area contributed by atoms with Crippen molar-refractivity contribution in [2.75, 3.05) is 20.1 Å². The summed E-state index contributed by atoms with van der Waals surface area (Å²) < 4.78 is 0.872. The van der Waals surface area contributed by atoms with Crippen molar-refractivity contribution in [2.24, 2.45) is 0 Å². The molecule has 1 fully saturated rings. The number of hydrogen-bond acceptors (Lipinski definition) is 3. The van der Waals surface area contributed by atoms with Crippen molar-refractivity contribution in [3.63, 3.8) is 0 Å². The van der Waals surface area contributed by atoms with Gasteiger partial charge in [-0.3, -0.25) is 4.79 Å². The summed E-state index contributed by atoms with van der Waals surface area (Å²) in [5.74, 6) is -0.180. The van der Waals surface area contributed by atoms with Gasteiger partial charge in [-0.1, -0.05) is 15.9 Å². The van der Waals surface area contributed by atoms with E-state index in [9.17, 15) is 10.1 Å². The smallest absolute Gasteiger partial charge is 0.252 e. The SMILES string of the molecule is Cc1cc(Br)cc(C(=O)NC2(C#N)CCN(C)CC2)c1. The third-order valence-electron chi connectivity index (χ3n) is 3.71. The molecular formula is C15H18BrN3O. The lowest BCUT2D eigenvalue weighted by Gasteiger charge is -2.36. The second kappa shape index (κ2) is 5.94. The molecule has 1 aliphatic rings. The van der Waals surface area contributed by atoms with Gasteiger partial charge in [0.1, 0.15) is 5.54 Å². The summed E-state index contributed by atoms with van der Waals surface area (Å²) in [6, 6.07) is 7.86. The van der Waals surface area contributed by atoms with E-state index in [0.29, 0.717) is 18.4 Å². The molecule has 4 nitrogen and oxygen atoms in total. The predicted octanol–water partition coefficient (Wildman–Crippen LogP) is 2.48. The Balaban J connectivity index is 2.16. The normalized spacial score (nSPS) is 18.3. The van der Waals surface area contributed by atoms with E-state index in [1.807, 2.05) is 26.1 Å².